The van der Waals surface area contributed by atoms with Crippen molar-refractivity contribution in [2.45, 2.75) is 19.6 Å². The van der Waals surface area contributed by atoms with Gasteiger partial charge in [-0.15, -0.1) is 0 Å². The van der Waals surface area contributed by atoms with Crippen LogP contribution in [0.4, 0.5) is 24.8 Å². The average molecular weight is 501 g/mol. The Labute approximate surface area is 203 Å². The number of nitrogens with one attached hydrogen (secondary N) is 1. The van der Waals surface area contributed by atoms with Crippen LogP contribution < -0.4 is 25.3 Å². The number of hydrogen-bond donors (Lipinski definition) is 2. The molecule has 0 fully saturated rings. The molecule has 10 nitrogen and oxygen atoms in total. The summed E-state index contributed by atoms with van der Waals surface area (Å²) in [6.07, 6.45) is -0.0665. The monoisotopic (exact) mass is 501 g/mol. The molecule has 0 amide bonds. The van der Waals surface area contributed by atoms with Gasteiger partial charge in [0.15, 0.2) is 17.2 Å². The van der Waals surface area contributed by atoms with Crippen LogP contribution in [0.25, 0.3) is 10.9 Å². The van der Waals surface area contributed by atoms with Gasteiger partial charge in [-0.2, -0.15) is 13.2 Å². The Kier molecular flexibility index (Phi) is 7.17. The van der Waals surface area contributed by atoms with Crippen LogP contribution in [0.15, 0.2) is 43.0 Å². The molecule has 0 unspecified atom stereocenters. The molecule has 1 aromatic carbocycles. The highest BCUT2D eigenvalue weighted by molar-refractivity contribution is 5.91. The smallest absolute Gasteiger partial charge is 0.416 e. The third-order valence-electron chi connectivity index (χ3n) is 4.90. The molecular weight excluding hydrogens is 479 g/mol. The van der Waals surface area contributed by atoms with Crippen LogP contribution in [0.3, 0.4) is 0 Å². The second-order valence-electron chi connectivity index (χ2n) is 7.53. The minimum absolute atomic E-state index is 0.0467. The molecule has 0 spiro atoms. The van der Waals surface area contributed by atoms with Crippen LogP contribution >= 0.6 is 0 Å². The van der Waals surface area contributed by atoms with Gasteiger partial charge in [-0.3, -0.25) is 0 Å². The highest BCUT2D eigenvalue weighted by Gasteiger charge is 2.31. The fourth-order valence-corrected chi connectivity index (χ4v) is 3.37. The first-order valence-corrected chi connectivity index (χ1v) is 10.7. The molecule has 0 aliphatic heterocycles. The van der Waals surface area contributed by atoms with Crippen LogP contribution in [0.5, 0.6) is 17.2 Å². The van der Waals surface area contributed by atoms with E-state index < -0.39 is 11.7 Å². The fraction of sp³-hybridized carbons (Fsp3) is 0.261. The standard InChI is InChI=1S/C23H22F3N7O3/c1-13-31-18-8-19(34-2)20(36-4-3-35-16-10-28-12-29-11-16)7-17(18)22(32-13)30-9-15-5-14(23(24,25)26)6-21(27)33-15/h5-8,10-12H,3-4,9H2,1-2H3,(H2,27,33)(H,30,31,32). The number of hydrogen-bond acceptors (Lipinski definition) is 10. The second-order valence-corrected chi connectivity index (χ2v) is 7.53. The Morgan fingerprint density at radius 1 is 0.944 bits per heavy atom. The van der Waals surface area contributed by atoms with Gasteiger partial charge in [-0.05, 0) is 25.1 Å². The number of ether oxygens (including phenoxy) is 3. The van der Waals surface area contributed by atoms with Gasteiger partial charge in [0, 0.05) is 11.5 Å². The van der Waals surface area contributed by atoms with Crippen molar-refractivity contribution in [2.75, 3.05) is 31.4 Å². The van der Waals surface area contributed by atoms with Gasteiger partial charge in [0.05, 0.1) is 42.8 Å². The highest BCUT2D eigenvalue weighted by atomic mass is 19.4. The molecule has 36 heavy (non-hydrogen) atoms. The summed E-state index contributed by atoms with van der Waals surface area (Å²) >= 11 is 0. The molecule has 4 rings (SSSR count). The van der Waals surface area contributed by atoms with E-state index in [4.69, 9.17) is 19.9 Å². The van der Waals surface area contributed by atoms with E-state index in [0.29, 0.717) is 39.8 Å². The molecule has 4 aromatic rings. The average Bonchev–Trinajstić information content (AvgIpc) is 2.84. The summed E-state index contributed by atoms with van der Waals surface area (Å²) in [5.41, 5.74) is 5.37. The van der Waals surface area contributed by atoms with E-state index in [2.05, 4.69) is 30.2 Å². The third kappa shape index (κ3) is 5.98. The minimum Gasteiger partial charge on any atom is -0.493 e. The summed E-state index contributed by atoms with van der Waals surface area (Å²) in [6, 6.07) is 5.11. The fourth-order valence-electron chi connectivity index (χ4n) is 3.37. The van der Waals surface area contributed by atoms with Gasteiger partial charge >= 0.3 is 6.18 Å². The number of halogens is 3. The molecule has 3 heterocycles. The van der Waals surface area contributed by atoms with E-state index >= 15 is 0 Å². The van der Waals surface area contributed by atoms with Crippen molar-refractivity contribution in [2.24, 2.45) is 0 Å². The largest absolute Gasteiger partial charge is 0.493 e. The van der Waals surface area contributed by atoms with Crippen molar-refractivity contribution in [3.63, 3.8) is 0 Å². The number of pyridine rings is 1. The number of aromatic nitrogens is 5. The van der Waals surface area contributed by atoms with Crippen LogP contribution in [-0.4, -0.2) is 45.2 Å². The Hall–Kier alpha value is -4.42. The maximum absolute atomic E-state index is 13.1. The lowest BCUT2D eigenvalue weighted by Gasteiger charge is -2.15. The van der Waals surface area contributed by atoms with Gasteiger partial charge in [0.25, 0.3) is 0 Å². The topological polar surface area (TPSA) is 130 Å². The van der Waals surface area contributed by atoms with Gasteiger partial charge in [-0.25, -0.2) is 24.9 Å². The number of benzene rings is 1. The minimum atomic E-state index is -4.54. The van der Waals surface area contributed by atoms with E-state index in [1.807, 2.05) is 0 Å². The molecule has 3 aromatic heterocycles. The Morgan fingerprint density at radius 2 is 1.69 bits per heavy atom. The molecular formula is C23H22F3N7O3. The molecule has 13 heteroatoms. The van der Waals surface area contributed by atoms with E-state index in [0.717, 1.165) is 12.1 Å². The van der Waals surface area contributed by atoms with Crippen LogP contribution in [0.2, 0.25) is 0 Å². The summed E-state index contributed by atoms with van der Waals surface area (Å²) in [5.74, 6) is 1.98. The first kappa shape index (κ1) is 24.7. The normalized spacial score (nSPS) is 11.4. The number of nitrogen functional groups attached to an aromatic ring is 1. The summed E-state index contributed by atoms with van der Waals surface area (Å²) in [7, 11) is 1.50. The summed E-state index contributed by atoms with van der Waals surface area (Å²) in [5, 5.41) is 3.61. The first-order valence-electron chi connectivity index (χ1n) is 10.7. The molecule has 0 saturated carbocycles. The van der Waals surface area contributed by atoms with Crippen molar-refractivity contribution < 1.29 is 27.4 Å². The highest BCUT2D eigenvalue weighted by Crippen LogP contribution is 2.35. The van der Waals surface area contributed by atoms with E-state index in [1.165, 1.54) is 25.8 Å². The van der Waals surface area contributed by atoms with Crippen molar-refractivity contribution in [3.8, 4) is 17.2 Å². The van der Waals surface area contributed by atoms with Crippen LogP contribution in [-0.2, 0) is 12.7 Å². The summed E-state index contributed by atoms with van der Waals surface area (Å²) in [6.45, 7) is 2.08. The molecule has 3 N–H and O–H groups in total. The first-order chi connectivity index (χ1) is 17.2. The summed E-state index contributed by atoms with van der Waals surface area (Å²) < 4.78 is 56.3. The van der Waals surface area contributed by atoms with Crippen molar-refractivity contribution in [1.29, 1.82) is 0 Å². The number of rotatable bonds is 9. The number of aryl methyl sites for hydroxylation is 1. The zero-order valence-corrected chi connectivity index (χ0v) is 19.3. The predicted octanol–water partition coefficient (Wildman–Crippen LogP) is 3.80. The molecule has 0 atom stereocenters. The molecule has 0 saturated heterocycles. The van der Waals surface area contributed by atoms with Crippen molar-refractivity contribution in [1.82, 2.24) is 24.9 Å². The number of anilines is 2. The number of methoxy groups -OCH3 is 1. The van der Waals surface area contributed by atoms with E-state index in [9.17, 15) is 13.2 Å². The van der Waals surface area contributed by atoms with Gasteiger partial charge in [-0.1, -0.05) is 0 Å². The predicted molar refractivity (Wildman–Crippen MR) is 125 cm³/mol. The van der Waals surface area contributed by atoms with E-state index in [-0.39, 0.29) is 31.3 Å². The molecule has 0 bridgehead atoms. The number of nitrogens with zero attached hydrogens (tertiary/aromatic N) is 5. The van der Waals surface area contributed by atoms with Crippen LogP contribution in [0, 0.1) is 6.92 Å². The lowest BCUT2D eigenvalue weighted by Crippen LogP contribution is -2.12. The Balaban J connectivity index is 1.55. The third-order valence-corrected chi connectivity index (χ3v) is 4.90. The summed E-state index contributed by atoms with van der Waals surface area (Å²) in [4.78, 5) is 20.6. The van der Waals surface area contributed by atoms with Crippen molar-refractivity contribution in [3.05, 3.63) is 60.1 Å². The number of nitrogens with two attached hydrogens (primary N) is 1. The second kappa shape index (κ2) is 10.5. The molecule has 0 aliphatic rings. The maximum atomic E-state index is 13.1. The van der Waals surface area contributed by atoms with Gasteiger partial charge in [0.2, 0.25) is 0 Å². The molecule has 0 aliphatic carbocycles. The van der Waals surface area contributed by atoms with Gasteiger partial charge in [0.1, 0.15) is 37.0 Å². The zero-order valence-electron chi connectivity index (χ0n) is 19.3. The molecule has 188 valence electrons. The van der Waals surface area contributed by atoms with E-state index in [1.54, 1.807) is 19.1 Å². The van der Waals surface area contributed by atoms with Crippen LogP contribution in [0.1, 0.15) is 17.1 Å². The number of alkyl halides is 3. The lowest BCUT2D eigenvalue weighted by molar-refractivity contribution is -0.137. The Morgan fingerprint density at radius 3 is 2.42 bits per heavy atom. The Bertz CT molecular complexity index is 1350. The quantitative estimate of drug-likeness (QED) is 0.327. The van der Waals surface area contributed by atoms with Gasteiger partial charge < -0.3 is 25.3 Å². The lowest BCUT2D eigenvalue weighted by atomic mass is 10.2. The SMILES string of the molecule is COc1cc2nc(C)nc(NCc3cc(C(F)(F)F)cc(N)n3)c2cc1OCCOc1cncnc1. The maximum Gasteiger partial charge on any atom is 0.416 e. The number of fused-ring (bicyclic) bond motifs is 1. The zero-order chi connectivity index (χ0) is 25.7. The molecule has 0 radical (unpaired) electrons. The van der Waals surface area contributed by atoms with Crippen molar-refractivity contribution >= 4 is 22.5 Å².